The summed E-state index contributed by atoms with van der Waals surface area (Å²) in [7, 11) is 0. The first-order valence-electron chi connectivity index (χ1n) is 12.4. The number of hydrogen-bond acceptors (Lipinski definition) is 4. The lowest BCUT2D eigenvalue weighted by atomic mass is 10.0. The highest BCUT2D eigenvalue weighted by atomic mass is 35.5. The summed E-state index contributed by atoms with van der Waals surface area (Å²) < 4.78 is 5.38. The molecule has 0 radical (unpaired) electrons. The van der Waals surface area contributed by atoms with E-state index in [4.69, 9.17) is 21.3 Å². The molecule has 5 rings (SSSR count). The number of H-pyrrole nitrogens is 1. The van der Waals surface area contributed by atoms with E-state index in [1.807, 2.05) is 36.4 Å². The van der Waals surface area contributed by atoms with E-state index >= 15 is 0 Å². The van der Waals surface area contributed by atoms with E-state index in [9.17, 15) is 4.79 Å². The minimum atomic E-state index is 0.107. The van der Waals surface area contributed by atoms with Gasteiger partial charge in [0.05, 0.1) is 30.1 Å². The second-order valence-electron chi connectivity index (χ2n) is 9.07. The van der Waals surface area contributed by atoms with Crippen molar-refractivity contribution >= 4 is 39.3 Å². The molecule has 2 aromatic heterocycles. The van der Waals surface area contributed by atoms with Crippen LogP contribution in [0, 0.1) is 0 Å². The number of pyridine rings is 1. The topological polar surface area (TPSA) is 70.2 Å². The number of nitrogens with zero attached hydrogens (tertiary/aromatic N) is 2. The maximum absolute atomic E-state index is 12.5. The fourth-order valence-electron chi connectivity index (χ4n) is 4.77. The quantitative estimate of drug-likeness (QED) is 0.316. The van der Waals surface area contributed by atoms with E-state index < -0.39 is 0 Å². The minimum Gasteiger partial charge on any atom is -0.379 e. The first-order valence-corrected chi connectivity index (χ1v) is 12.8. The highest BCUT2D eigenvalue weighted by molar-refractivity contribution is 6.31. The van der Waals surface area contributed by atoms with Gasteiger partial charge in [0.25, 0.3) is 0 Å². The predicted molar refractivity (Wildman–Crippen MR) is 142 cm³/mol. The molecule has 0 saturated carbocycles. The fourth-order valence-corrected chi connectivity index (χ4v) is 4.94. The maximum atomic E-state index is 12.5. The van der Waals surface area contributed by atoms with E-state index in [0.717, 1.165) is 90.9 Å². The molecule has 1 saturated heterocycles. The largest absolute Gasteiger partial charge is 0.379 e. The number of rotatable bonds is 9. The number of aromatic nitrogens is 2. The number of carbonyl (C=O) groups excluding carboxylic acids is 1. The van der Waals surface area contributed by atoms with Gasteiger partial charge >= 0.3 is 0 Å². The van der Waals surface area contributed by atoms with Gasteiger partial charge in [0.15, 0.2) is 0 Å². The number of aryl methyl sites for hydroxylation is 1. The van der Waals surface area contributed by atoms with Crippen molar-refractivity contribution in [3.63, 3.8) is 0 Å². The third kappa shape index (κ3) is 5.84. The SMILES string of the molecule is O=C(CCCc1c(-c2ccc3ccccc3n2)[nH]c2ccc(Cl)cc12)NCCCN1CCOCC1. The molecule has 0 spiro atoms. The van der Waals surface area contributed by atoms with Crippen molar-refractivity contribution in [3.8, 4) is 11.4 Å². The summed E-state index contributed by atoms with van der Waals surface area (Å²) in [4.78, 5) is 23.3. The van der Waals surface area contributed by atoms with Gasteiger partial charge in [0.1, 0.15) is 0 Å². The predicted octanol–water partition coefficient (Wildman–Crippen LogP) is 5.20. The van der Waals surface area contributed by atoms with Crippen LogP contribution in [0.5, 0.6) is 0 Å². The Morgan fingerprint density at radius 2 is 1.94 bits per heavy atom. The summed E-state index contributed by atoms with van der Waals surface area (Å²) >= 11 is 6.33. The highest BCUT2D eigenvalue weighted by Gasteiger charge is 2.16. The summed E-state index contributed by atoms with van der Waals surface area (Å²) in [5, 5.41) is 5.98. The highest BCUT2D eigenvalue weighted by Crippen LogP contribution is 2.33. The number of halogens is 1. The number of fused-ring (bicyclic) bond motifs is 2. The Morgan fingerprint density at radius 1 is 1.09 bits per heavy atom. The molecule has 0 bridgehead atoms. The van der Waals surface area contributed by atoms with E-state index in [2.05, 4.69) is 33.4 Å². The van der Waals surface area contributed by atoms with Gasteiger partial charge in [-0.1, -0.05) is 35.9 Å². The van der Waals surface area contributed by atoms with Gasteiger partial charge in [0.2, 0.25) is 5.91 Å². The lowest BCUT2D eigenvalue weighted by Gasteiger charge is -2.26. The van der Waals surface area contributed by atoms with Crippen molar-refractivity contribution in [1.29, 1.82) is 0 Å². The third-order valence-electron chi connectivity index (χ3n) is 6.63. The molecule has 0 unspecified atom stereocenters. The van der Waals surface area contributed by atoms with Crippen LogP contribution in [-0.2, 0) is 16.0 Å². The zero-order valence-corrected chi connectivity index (χ0v) is 20.6. The molecule has 2 aromatic carbocycles. The number of morpholine rings is 1. The molecule has 6 nitrogen and oxygen atoms in total. The van der Waals surface area contributed by atoms with Crippen LogP contribution in [0.3, 0.4) is 0 Å². The number of para-hydroxylation sites is 1. The van der Waals surface area contributed by atoms with E-state index in [1.54, 1.807) is 0 Å². The Morgan fingerprint density at radius 3 is 2.83 bits per heavy atom. The first kappa shape index (κ1) is 23.8. The van der Waals surface area contributed by atoms with Crippen molar-refractivity contribution in [3.05, 3.63) is 65.2 Å². The van der Waals surface area contributed by atoms with Crippen molar-refractivity contribution in [2.75, 3.05) is 39.4 Å². The van der Waals surface area contributed by atoms with Crippen LogP contribution in [0.15, 0.2) is 54.6 Å². The average molecular weight is 491 g/mol. The zero-order chi connectivity index (χ0) is 24.0. The number of aromatic amines is 1. The van der Waals surface area contributed by atoms with Crippen LogP contribution < -0.4 is 5.32 Å². The smallest absolute Gasteiger partial charge is 0.220 e. The third-order valence-corrected chi connectivity index (χ3v) is 6.87. The molecule has 2 N–H and O–H groups in total. The number of nitrogens with one attached hydrogen (secondary N) is 2. The summed E-state index contributed by atoms with van der Waals surface area (Å²) in [6, 6.07) is 18.2. The Bertz CT molecular complexity index is 1310. The van der Waals surface area contributed by atoms with Crippen molar-refractivity contribution in [2.24, 2.45) is 0 Å². The van der Waals surface area contributed by atoms with Gasteiger partial charge < -0.3 is 15.0 Å². The molecule has 0 aliphatic carbocycles. The molecule has 4 aromatic rings. The Balaban J connectivity index is 1.24. The minimum absolute atomic E-state index is 0.107. The summed E-state index contributed by atoms with van der Waals surface area (Å²) in [6.07, 6.45) is 2.99. The molecule has 1 fully saturated rings. The lowest BCUT2D eigenvalue weighted by molar-refractivity contribution is -0.121. The molecule has 1 aliphatic heterocycles. The van der Waals surface area contributed by atoms with Gasteiger partial charge in [-0.15, -0.1) is 0 Å². The molecule has 7 heteroatoms. The summed E-state index contributed by atoms with van der Waals surface area (Å²) in [6.45, 7) is 5.30. The van der Waals surface area contributed by atoms with Crippen molar-refractivity contribution in [2.45, 2.75) is 25.7 Å². The summed E-state index contributed by atoms with van der Waals surface area (Å²) in [5.74, 6) is 0.107. The van der Waals surface area contributed by atoms with Gasteiger partial charge in [-0.25, -0.2) is 4.98 Å². The van der Waals surface area contributed by atoms with E-state index in [0.29, 0.717) is 18.0 Å². The molecule has 35 heavy (non-hydrogen) atoms. The van der Waals surface area contributed by atoms with Gasteiger partial charge in [0, 0.05) is 47.4 Å². The monoisotopic (exact) mass is 490 g/mol. The van der Waals surface area contributed by atoms with Crippen molar-refractivity contribution in [1.82, 2.24) is 20.2 Å². The molecule has 0 atom stereocenters. The molecular formula is C28H31ClN4O2. The zero-order valence-electron chi connectivity index (χ0n) is 19.9. The molecule has 1 amide bonds. The van der Waals surface area contributed by atoms with Crippen LogP contribution in [0.25, 0.3) is 33.2 Å². The summed E-state index contributed by atoms with van der Waals surface area (Å²) in [5.41, 5.74) is 5.05. The lowest BCUT2D eigenvalue weighted by Crippen LogP contribution is -2.38. The maximum Gasteiger partial charge on any atom is 0.220 e. The number of carbonyl (C=O) groups is 1. The normalized spacial score (nSPS) is 14.5. The van der Waals surface area contributed by atoms with Gasteiger partial charge in [-0.2, -0.15) is 0 Å². The van der Waals surface area contributed by atoms with Gasteiger partial charge in [-0.3, -0.25) is 9.69 Å². The van der Waals surface area contributed by atoms with Gasteiger partial charge in [-0.05, 0) is 61.7 Å². The molecule has 3 heterocycles. The number of hydrogen-bond donors (Lipinski definition) is 2. The fraction of sp³-hybridized carbons (Fsp3) is 0.357. The van der Waals surface area contributed by atoms with Crippen molar-refractivity contribution < 1.29 is 9.53 Å². The first-order chi connectivity index (χ1) is 17.2. The Labute approximate surface area is 210 Å². The van der Waals surface area contributed by atoms with Crippen LogP contribution >= 0.6 is 11.6 Å². The number of benzene rings is 2. The number of ether oxygens (including phenoxy) is 1. The average Bonchev–Trinajstić information content (AvgIpc) is 3.24. The van der Waals surface area contributed by atoms with Crippen LogP contribution in [0.4, 0.5) is 0 Å². The second-order valence-corrected chi connectivity index (χ2v) is 9.51. The van der Waals surface area contributed by atoms with E-state index in [-0.39, 0.29) is 5.91 Å². The standard InChI is InChI=1S/C28H31ClN4O2/c29-21-10-12-25-23(19-21)22(28(32-25)26-11-9-20-5-1-2-7-24(20)31-26)6-3-8-27(34)30-13-4-14-33-15-17-35-18-16-33/h1-2,5,7,9-12,19,32H,3-4,6,8,13-18H2,(H,30,34). The number of amides is 1. The Hall–Kier alpha value is -2.93. The second kappa shape index (κ2) is 11.2. The Kier molecular flexibility index (Phi) is 7.62. The van der Waals surface area contributed by atoms with E-state index in [1.165, 1.54) is 0 Å². The molecule has 1 aliphatic rings. The van der Waals surface area contributed by atoms with Crippen LogP contribution in [0.1, 0.15) is 24.8 Å². The molecular weight excluding hydrogens is 460 g/mol. The van der Waals surface area contributed by atoms with Crippen LogP contribution in [0.2, 0.25) is 5.02 Å². The molecule has 182 valence electrons. The van der Waals surface area contributed by atoms with Crippen LogP contribution in [-0.4, -0.2) is 60.2 Å².